The Morgan fingerprint density at radius 2 is 2.22 bits per heavy atom. The number of ether oxygens (including phenoxy) is 1. The summed E-state index contributed by atoms with van der Waals surface area (Å²) in [6, 6.07) is -0.203. The fourth-order valence-corrected chi connectivity index (χ4v) is 1.99. The van der Waals surface area contributed by atoms with Gasteiger partial charge in [-0.25, -0.2) is 4.79 Å². The molecule has 104 valence electrons. The van der Waals surface area contributed by atoms with Crippen LogP contribution >= 0.6 is 0 Å². The van der Waals surface area contributed by atoms with E-state index in [-0.39, 0.29) is 30.5 Å². The van der Waals surface area contributed by atoms with Crippen LogP contribution in [0.1, 0.15) is 33.1 Å². The third kappa shape index (κ3) is 4.91. The van der Waals surface area contributed by atoms with Crippen LogP contribution < -0.4 is 10.6 Å². The molecule has 3 N–H and O–H groups in total. The van der Waals surface area contributed by atoms with Crippen LogP contribution in [-0.2, 0) is 9.53 Å². The van der Waals surface area contributed by atoms with E-state index in [0.717, 1.165) is 12.8 Å². The van der Waals surface area contributed by atoms with Gasteiger partial charge < -0.3 is 20.5 Å². The van der Waals surface area contributed by atoms with Crippen molar-refractivity contribution in [1.82, 2.24) is 10.6 Å². The number of carbonyl (C=O) groups is 2. The van der Waals surface area contributed by atoms with Crippen molar-refractivity contribution in [2.45, 2.75) is 45.3 Å². The van der Waals surface area contributed by atoms with Crippen molar-refractivity contribution < 1.29 is 19.4 Å². The van der Waals surface area contributed by atoms with Crippen LogP contribution in [0.15, 0.2) is 0 Å². The van der Waals surface area contributed by atoms with E-state index in [9.17, 15) is 9.59 Å². The Balaban J connectivity index is 2.25. The molecule has 0 saturated carbocycles. The van der Waals surface area contributed by atoms with E-state index in [1.54, 1.807) is 0 Å². The number of aliphatic carboxylic acids is 1. The summed E-state index contributed by atoms with van der Waals surface area (Å²) in [6.07, 6.45) is 1.67. The second-order valence-electron chi connectivity index (χ2n) is 4.70. The first-order chi connectivity index (χ1) is 8.52. The molecule has 0 spiro atoms. The number of nitrogens with one attached hydrogen (secondary N) is 2. The molecule has 0 aliphatic carbocycles. The van der Waals surface area contributed by atoms with Gasteiger partial charge in [0.25, 0.3) is 0 Å². The average Bonchev–Trinajstić information content (AvgIpc) is 2.70. The molecule has 6 nitrogen and oxygen atoms in total. The van der Waals surface area contributed by atoms with Gasteiger partial charge in [0.2, 0.25) is 0 Å². The van der Waals surface area contributed by atoms with Crippen LogP contribution in [0.5, 0.6) is 0 Å². The standard InChI is InChI=1S/C12H22N2O4/c1-3-9(6-11(15)16)7-13-12(17)14-10-4-5-18-8(10)2/h8-10H,3-7H2,1-2H3,(H,15,16)(H2,13,14,17). The van der Waals surface area contributed by atoms with Crippen LogP contribution in [0.4, 0.5) is 4.79 Å². The zero-order valence-corrected chi connectivity index (χ0v) is 10.9. The van der Waals surface area contributed by atoms with E-state index in [4.69, 9.17) is 9.84 Å². The fourth-order valence-electron chi connectivity index (χ4n) is 1.99. The Labute approximate surface area is 107 Å². The Bertz CT molecular complexity index is 296. The van der Waals surface area contributed by atoms with Crippen LogP contribution in [0.3, 0.4) is 0 Å². The van der Waals surface area contributed by atoms with Gasteiger partial charge in [-0.15, -0.1) is 0 Å². The smallest absolute Gasteiger partial charge is 0.315 e. The van der Waals surface area contributed by atoms with Crippen molar-refractivity contribution in [3.63, 3.8) is 0 Å². The SMILES string of the molecule is CCC(CNC(=O)NC1CCOC1C)CC(=O)O. The van der Waals surface area contributed by atoms with Gasteiger partial charge in [-0.05, 0) is 19.3 Å². The molecule has 1 rings (SSSR count). The van der Waals surface area contributed by atoms with Crippen molar-refractivity contribution in [2.24, 2.45) is 5.92 Å². The van der Waals surface area contributed by atoms with Crippen LogP contribution in [-0.4, -0.2) is 42.4 Å². The highest BCUT2D eigenvalue weighted by atomic mass is 16.5. The predicted octanol–water partition coefficient (Wildman–Crippen LogP) is 0.964. The molecule has 0 aromatic carbocycles. The lowest BCUT2D eigenvalue weighted by atomic mass is 10.0. The van der Waals surface area contributed by atoms with Gasteiger partial charge in [0.15, 0.2) is 0 Å². The van der Waals surface area contributed by atoms with Crippen molar-refractivity contribution in [3.8, 4) is 0 Å². The number of carbonyl (C=O) groups excluding carboxylic acids is 1. The summed E-state index contributed by atoms with van der Waals surface area (Å²) in [4.78, 5) is 22.2. The van der Waals surface area contributed by atoms with Gasteiger partial charge >= 0.3 is 12.0 Å². The van der Waals surface area contributed by atoms with E-state index in [1.165, 1.54) is 0 Å². The second-order valence-corrected chi connectivity index (χ2v) is 4.70. The highest BCUT2D eigenvalue weighted by Gasteiger charge is 2.25. The first kappa shape index (κ1) is 14.8. The molecule has 1 aliphatic rings. The van der Waals surface area contributed by atoms with Crippen LogP contribution in [0.25, 0.3) is 0 Å². The number of carboxylic acids is 1. The minimum Gasteiger partial charge on any atom is -0.481 e. The van der Waals surface area contributed by atoms with Crippen molar-refractivity contribution in [2.75, 3.05) is 13.2 Å². The minimum atomic E-state index is -0.832. The molecule has 18 heavy (non-hydrogen) atoms. The van der Waals surface area contributed by atoms with Gasteiger partial charge in [0, 0.05) is 19.6 Å². The third-order valence-corrected chi connectivity index (χ3v) is 3.28. The van der Waals surface area contributed by atoms with Crippen molar-refractivity contribution in [3.05, 3.63) is 0 Å². The molecular formula is C12H22N2O4. The van der Waals surface area contributed by atoms with Crippen molar-refractivity contribution in [1.29, 1.82) is 0 Å². The molecule has 3 unspecified atom stereocenters. The number of amides is 2. The quantitative estimate of drug-likeness (QED) is 0.662. The molecule has 0 radical (unpaired) electrons. The fraction of sp³-hybridized carbons (Fsp3) is 0.833. The molecule has 0 aromatic heterocycles. The maximum Gasteiger partial charge on any atom is 0.315 e. The highest BCUT2D eigenvalue weighted by molar-refractivity contribution is 5.74. The number of rotatable bonds is 6. The summed E-state index contributed by atoms with van der Waals surface area (Å²) in [5, 5.41) is 14.3. The highest BCUT2D eigenvalue weighted by Crippen LogP contribution is 2.12. The first-order valence-electron chi connectivity index (χ1n) is 6.40. The molecular weight excluding hydrogens is 236 g/mol. The topological polar surface area (TPSA) is 87.7 Å². The summed E-state index contributed by atoms with van der Waals surface area (Å²) in [6.45, 7) is 4.90. The zero-order chi connectivity index (χ0) is 13.5. The zero-order valence-electron chi connectivity index (χ0n) is 10.9. The van der Waals surface area contributed by atoms with E-state index in [0.29, 0.717) is 13.2 Å². The monoisotopic (exact) mass is 258 g/mol. The molecule has 6 heteroatoms. The molecule has 3 atom stereocenters. The summed E-state index contributed by atoms with van der Waals surface area (Å²) >= 11 is 0. The Kier molecular flexibility index (Phi) is 5.91. The van der Waals surface area contributed by atoms with E-state index >= 15 is 0 Å². The molecule has 2 amide bonds. The maximum atomic E-state index is 11.6. The van der Waals surface area contributed by atoms with Crippen molar-refractivity contribution >= 4 is 12.0 Å². The van der Waals surface area contributed by atoms with Gasteiger partial charge in [-0.1, -0.05) is 13.3 Å². The first-order valence-corrected chi connectivity index (χ1v) is 6.40. The van der Waals surface area contributed by atoms with Gasteiger partial charge in [-0.2, -0.15) is 0 Å². The molecule has 1 saturated heterocycles. The van der Waals surface area contributed by atoms with E-state index < -0.39 is 5.97 Å². The Morgan fingerprint density at radius 1 is 1.50 bits per heavy atom. The van der Waals surface area contributed by atoms with Crippen LogP contribution in [0, 0.1) is 5.92 Å². The second kappa shape index (κ2) is 7.20. The predicted molar refractivity (Wildman–Crippen MR) is 66.4 cm³/mol. The van der Waals surface area contributed by atoms with Crippen LogP contribution in [0.2, 0.25) is 0 Å². The molecule has 0 aromatic rings. The van der Waals surface area contributed by atoms with Gasteiger partial charge in [0.05, 0.1) is 12.1 Å². The summed E-state index contributed by atoms with van der Waals surface area (Å²) in [7, 11) is 0. The summed E-state index contributed by atoms with van der Waals surface area (Å²) in [5.41, 5.74) is 0. The summed E-state index contributed by atoms with van der Waals surface area (Å²) < 4.78 is 5.35. The number of urea groups is 1. The lowest BCUT2D eigenvalue weighted by molar-refractivity contribution is -0.138. The van der Waals surface area contributed by atoms with Gasteiger partial charge in [0.1, 0.15) is 0 Å². The Morgan fingerprint density at radius 3 is 2.72 bits per heavy atom. The maximum absolute atomic E-state index is 11.6. The number of hydrogen-bond acceptors (Lipinski definition) is 3. The number of carboxylic acid groups (broad SMARTS) is 1. The third-order valence-electron chi connectivity index (χ3n) is 3.28. The van der Waals surface area contributed by atoms with E-state index in [2.05, 4.69) is 10.6 Å². The minimum absolute atomic E-state index is 0.0227. The normalized spacial score (nSPS) is 24.6. The number of hydrogen-bond donors (Lipinski definition) is 3. The average molecular weight is 258 g/mol. The van der Waals surface area contributed by atoms with E-state index in [1.807, 2.05) is 13.8 Å². The molecule has 0 bridgehead atoms. The lowest BCUT2D eigenvalue weighted by Gasteiger charge is -2.18. The lowest BCUT2D eigenvalue weighted by Crippen LogP contribution is -2.46. The van der Waals surface area contributed by atoms with Gasteiger partial charge in [-0.3, -0.25) is 4.79 Å². The largest absolute Gasteiger partial charge is 0.481 e. The molecule has 1 heterocycles. The summed E-state index contributed by atoms with van der Waals surface area (Å²) in [5.74, 6) is -0.854. The Hall–Kier alpha value is -1.30. The molecule has 1 aliphatic heterocycles. The molecule has 1 fully saturated rings.